The molecule has 1 aliphatic rings. The second-order valence-electron chi connectivity index (χ2n) is 1.78. The molecule has 0 aliphatic carbocycles. The molecule has 0 aromatic rings. The summed E-state index contributed by atoms with van der Waals surface area (Å²) in [6.07, 6.45) is 0. The zero-order valence-electron chi connectivity index (χ0n) is 4.59. The third-order valence-electron chi connectivity index (χ3n) is 1.11. The van der Waals surface area contributed by atoms with Crippen molar-refractivity contribution < 1.29 is 4.74 Å². The normalized spacial score (nSPS) is 27.6. The standard InChI is InChI=1S/C5H9NO.ClH/c1-4-2-7-3-5(4)6;/h5H,1-3,6H2;1H. The molecule has 0 spiro atoms. The van der Waals surface area contributed by atoms with E-state index in [-0.39, 0.29) is 18.4 Å². The Bertz CT molecular complexity index is 94.4. The van der Waals surface area contributed by atoms with Crippen LogP contribution < -0.4 is 5.73 Å². The molecule has 0 amide bonds. The zero-order chi connectivity index (χ0) is 5.28. The molecule has 0 radical (unpaired) electrons. The molecule has 1 rings (SSSR count). The van der Waals surface area contributed by atoms with E-state index in [2.05, 4.69) is 6.58 Å². The van der Waals surface area contributed by atoms with Crippen molar-refractivity contribution in [3.05, 3.63) is 12.2 Å². The monoisotopic (exact) mass is 135 g/mol. The van der Waals surface area contributed by atoms with Crippen LogP contribution in [0.25, 0.3) is 0 Å². The van der Waals surface area contributed by atoms with E-state index in [0.29, 0.717) is 13.2 Å². The van der Waals surface area contributed by atoms with Crippen LogP contribution in [0.1, 0.15) is 0 Å². The Balaban J connectivity index is 0.000000490. The molecule has 1 fully saturated rings. The molecule has 0 saturated carbocycles. The Kier molecular flexibility index (Phi) is 3.05. The van der Waals surface area contributed by atoms with E-state index in [4.69, 9.17) is 10.5 Å². The maximum absolute atomic E-state index is 5.45. The number of halogens is 1. The van der Waals surface area contributed by atoms with Crippen LogP contribution in [0.4, 0.5) is 0 Å². The molecule has 0 aromatic carbocycles. The Labute approximate surface area is 55.1 Å². The Morgan fingerprint density at radius 2 is 2.38 bits per heavy atom. The van der Waals surface area contributed by atoms with Gasteiger partial charge in [0.15, 0.2) is 0 Å². The van der Waals surface area contributed by atoms with E-state index >= 15 is 0 Å². The van der Waals surface area contributed by atoms with Gasteiger partial charge < -0.3 is 10.5 Å². The smallest absolute Gasteiger partial charge is 0.0690 e. The van der Waals surface area contributed by atoms with E-state index in [0.717, 1.165) is 5.57 Å². The highest BCUT2D eigenvalue weighted by Gasteiger charge is 2.13. The fraction of sp³-hybridized carbons (Fsp3) is 0.600. The first kappa shape index (κ1) is 7.95. The van der Waals surface area contributed by atoms with Gasteiger partial charge in [-0.05, 0) is 5.57 Å². The summed E-state index contributed by atoms with van der Waals surface area (Å²) in [6, 6.07) is 0.0972. The lowest BCUT2D eigenvalue weighted by molar-refractivity contribution is 0.199. The summed E-state index contributed by atoms with van der Waals surface area (Å²) in [5, 5.41) is 0. The van der Waals surface area contributed by atoms with Gasteiger partial charge in [-0.3, -0.25) is 0 Å². The van der Waals surface area contributed by atoms with Gasteiger partial charge in [-0.2, -0.15) is 0 Å². The summed E-state index contributed by atoms with van der Waals surface area (Å²) < 4.78 is 4.94. The maximum Gasteiger partial charge on any atom is 0.0690 e. The minimum atomic E-state index is 0. The van der Waals surface area contributed by atoms with Crippen molar-refractivity contribution in [3.8, 4) is 0 Å². The first-order valence-electron chi connectivity index (χ1n) is 2.31. The minimum absolute atomic E-state index is 0. The highest BCUT2D eigenvalue weighted by Crippen LogP contribution is 2.05. The van der Waals surface area contributed by atoms with E-state index < -0.39 is 0 Å². The van der Waals surface area contributed by atoms with Crippen LogP contribution in [0.5, 0.6) is 0 Å². The van der Waals surface area contributed by atoms with Crippen LogP contribution in [-0.4, -0.2) is 19.3 Å². The minimum Gasteiger partial charge on any atom is -0.375 e. The SMILES string of the molecule is C=C1COCC1N.Cl. The van der Waals surface area contributed by atoms with Gasteiger partial charge in [-0.1, -0.05) is 6.58 Å². The lowest BCUT2D eigenvalue weighted by Gasteiger charge is -1.94. The van der Waals surface area contributed by atoms with Crippen LogP contribution in [0.15, 0.2) is 12.2 Å². The van der Waals surface area contributed by atoms with Gasteiger partial charge >= 0.3 is 0 Å². The molecule has 1 aliphatic heterocycles. The van der Waals surface area contributed by atoms with Crippen molar-refractivity contribution in [2.24, 2.45) is 5.73 Å². The largest absolute Gasteiger partial charge is 0.375 e. The maximum atomic E-state index is 5.45. The van der Waals surface area contributed by atoms with E-state index in [1.165, 1.54) is 0 Å². The molecule has 1 saturated heterocycles. The first-order valence-corrected chi connectivity index (χ1v) is 2.31. The Hall–Kier alpha value is -0.0500. The van der Waals surface area contributed by atoms with E-state index in [1.54, 1.807) is 0 Å². The first-order chi connectivity index (χ1) is 3.30. The van der Waals surface area contributed by atoms with Crippen LogP contribution in [-0.2, 0) is 4.74 Å². The predicted molar refractivity (Wildman–Crippen MR) is 35.2 cm³/mol. The average Bonchev–Trinajstić information content (AvgIpc) is 1.91. The fourth-order valence-corrected chi connectivity index (χ4v) is 0.542. The summed E-state index contributed by atoms with van der Waals surface area (Å²) in [5.41, 5.74) is 6.47. The highest BCUT2D eigenvalue weighted by atomic mass is 35.5. The van der Waals surface area contributed by atoms with Crippen molar-refractivity contribution in [3.63, 3.8) is 0 Å². The molecule has 1 unspecified atom stereocenters. The highest BCUT2D eigenvalue weighted by molar-refractivity contribution is 5.85. The summed E-state index contributed by atoms with van der Waals surface area (Å²) in [7, 11) is 0. The third kappa shape index (κ3) is 1.47. The quantitative estimate of drug-likeness (QED) is 0.486. The molecule has 0 aromatic heterocycles. The Morgan fingerprint density at radius 1 is 1.75 bits per heavy atom. The molecule has 48 valence electrons. The predicted octanol–water partition coefficient (Wildman–Crippen LogP) is 0.322. The van der Waals surface area contributed by atoms with Crippen LogP contribution in [0.2, 0.25) is 0 Å². The number of ether oxygens (including phenoxy) is 1. The summed E-state index contributed by atoms with van der Waals surface area (Å²) in [5.74, 6) is 0. The molecule has 3 heteroatoms. The molecule has 2 N–H and O–H groups in total. The third-order valence-corrected chi connectivity index (χ3v) is 1.11. The summed E-state index contributed by atoms with van der Waals surface area (Å²) in [4.78, 5) is 0. The van der Waals surface area contributed by atoms with Crippen LogP contribution in [0, 0.1) is 0 Å². The van der Waals surface area contributed by atoms with Crippen molar-refractivity contribution in [2.75, 3.05) is 13.2 Å². The van der Waals surface area contributed by atoms with Gasteiger partial charge in [0.2, 0.25) is 0 Å². The molecule has 1 atom stereocenters. The van der Waals surface area contributed by atoms with Gasteiger partial charge in [-0.25, -0.2) is 0 Å². The van der Waals surface area contributed by atoms with Crippen molar-refractivity contribution in [2.45, 2.75) is 6.04 Å². The van der Waals surface area contributed by atoms with Crippen molar-refractivity contribution in [1.29, 1.82) is 0 Å². The van der Waals surface area contributed by atoms with Gasteiger partial charge in [0.1, 0.15) is 0 Å². The number of hydrogen-bond acceptors (Lipinski definition) is 2. The van der Waals surface area contributed by atoms with Gasteiger partial charge in [0.25, 0.3) is 0 Å². The van der Waals surface area contributed by atoms with Crippen LogP contribution >= 0.6 is 12.4 Å². The molecular formula is C5H10ClNO. The van der Waals surface area contributed by atoms with E-state index in [1.807, 2.05) is 0 Å². The topological polar surface area (TPSA) is 35.2 Å². The number of rotatable bonds is 0. The van der Waals surface area contributed by atoms with Crippen molar-refractivity contribution >= 4 is 12.4 Å². The average molecular weight is 136 g/mol. The Morgan fingerprint density at radius 3 is 2.50 bits per heavy atom. The van der Waals surface area contributed by atoms with Gasteiger partial charge in [0, 0.05) is 0 Å². The zero-order valence-corrected chi connectivity index (χ0v) is 5.41. The second kappa shape index (κ2) is 3.07. The lowest BCUT2D eigenvalue weighted by atomic mass is 10.2. The van der Waals surface area contributed by atoms with E-state index in [9.17, 15) is 0 Å². The van der Waals surface area contributed by atoms with Crippen LogP contribution in [0.3, 0.4) is 0 Å². The lowest BCUT2D eigenvalue weighted by Crippen LogP contribution is -2.20. The molecular weight excluding hydrogens is 126 g/mol. The van der Waals surface area contributed by atoms with Crippen molar-refractivity contribution in [1.82, 2.24) is 0 Å². The number of hydrogen-bond donors (Lipinski definition) is 1. The summed E-state index contributed by atoms with van der Waals surface area (Å²) >= 11 is 0. The molecule has 2 nitrogen and oxygen atoms in total. The van der Waals surface area contributed by atoms with Gasteiger partial charge in [0.05, 0.1) is 19.3 Å². The van der Waals surface area contributed by atoms with Gasteiger partial charge in [-0.15, -0.1) is 12.4 Å². The molecule has 8 heavy (non-hydrogen) atoms. The molecule has 1 heterocycles. The molecule has 0 bridgehead atoms. The fourth-order valence-electron chi connectivity index (χ4n) is 0.542. The number of nitrogens with two attached hydrogens (primary N) is 1. The summed E-state index contributed by atoms with van der Waals surface area (Å²) in [6.45, 7) is 4.99. The second-order valence-corrected chi connectivity index (χ2v) is 1.78.